The molecule has 0 unspecified atom stereocenters. The van der Waals surface area contributed by atoms with Crippen LogP contribution in [-0.2, 0) is 14.8 Å². The first-order valence-corrected chi connectivity index (χ1v) is 10.5. The van der Waals surface area contributed by atoms with Gasteiger partial charge in [0.1, 0.15) is 17.2 Å². The van der Waals surface area contributed by atoms with Crippen LogP contribution in [0.15, 0.2) is 68.7 Å². The van der Waals surface area contributed by atoms with E-state index in [1.165, 1.54) is 12.1 Å². The minimum atomic E-state index is -4.02. The topological polar surface area (TPSA) is 110 Å². The molecule has 4 aromatic rings. The van der Waals surface area contributed by atoms with Gasteiger partial charge < -0.3 is 13.9 Å². The SMILES string of the molecule is CC(C)[C@@H](NS(=O)(=O)c1ccc2oc3cc(-c4ccoc4)ccc3c2c1)C(=O)O. The fraction of sp³-hybridized carbons (Fsp3) is 0.190. The quantitative estimate of drug-likeness (QED) is 0.489. The molecule has 0 spiro atoms. The fourth-order valence-corrected chi connectivity index (χ4v) is 4.60. The monoisotopic (exact) mass is 413 g/mol. The van der Waals surface area contributed by atoms with Gasteiger partial charge in [-0.05, 0) is 47.9 Å². The molecule has 2 aromatic heterocycles. The third-order valence-electron chi connectivity index (χ3n) is 4.82. The smallest absolute Gasteiger partial charge is 0.322 e. The van der Waals surface area contributed by atoms with Crippen LogP contribution >= 0.6 is 0 Å². The molecule has 0 saturated heterocycles. The van der Waals surface area contributed by atoms with Crippen molar-refractivity contribution in [2.24, 2.45) is 5.92 Å². The van der Waals surface area contributed by atoms with E-state index in [-0.39, 0.29) is 4.90 Å². The van der Waals surface area contributed by atoms with Crippen molar-refractivity contribution in [3.63, 3.8) is 0 Å². The van der Waals surface area contributed by atoms with Gasteiger partial charge in [0, 0.05) is 16.3 Å². The van der Waals surface area contributed by atoms with E-state index >= 15 is 0 Å². The molecule has 8 heteroatoms. The van der Waals surface area contributed by atoms with Crippen LogP contribution in [0, 0.1) is 5.92 Å². The maximum absolute atomic E-state index is 12.7. The molecule has 0 saturated carbocycles. The van der Waals surface area contributed by atoms with Crippen molar-refractivity contribution in [3.05, 3.63) is 55.0 Å². The first-order chi connectivity index (χ1) is 13.8. The molecule has 2 N–H and O–H groups in total. The average Bonchev–Trinajstić information content (AvgIpc) is 3.32. The molecular formula is C21H19NO6S. The molecule has 7 nitrogen and oxygen atoms in total. The fourth-order valence-electron chi connectivity index (χ4n) is 3.24. The van der Waals surface area contributed by atoms with E-state index in [9.17, 15) is 18.3 Å². The minimum Gasteiger partial charge on any atom is -0.480 e. The summed E-state index contributed by atoms with van der Waals surface area (Å²) in [6, 6.07) is 10.7. The van der Waals surface area contributed by atoms with Gasteiger partial charge in [-0.3, -0.25) is 4.79 Å². The Balaban J connectivity index is 1.77. The van der Waals surface area contributed by atoms with E-state index in [1.807, 2.05) is 24.3 Å². The number of benzene rings is 2. The Labute approximate surface area is 167 Å². The molecule has 0 aliphatic rings. The molecular weight excluding hydrogens is 394 g/mol. The van der Waals surface area contributed by atoms with Gasteiger partial charge in [-0.2, -0.15) is 4.72 Å². The predicted molar refractivity (Wildman–Crippen MR) is 108 cm³/mol. The van der Waals surface area contributed by atoms with E-state index < -0.39 is 28.0 Å². The van der Waals surface area contributed by atoms with E-state index in [0.29, 0.717) is 16.6 Å². The number of hydrogen-bond acceptors (Lipinski definition) is 5. The van der Waals surface area contributed by atoms with Crippen LogP contribution in [0.5, 0.6) is 0 Å². The summed E-state index contributed by atoms with van der Waals surface area (Å²) in [7, 11) is -4.02. The molecule has 0 aliphatic carbocycles. The second-order valence-corrected chi connectivity index (χ2v) is 8.88. The molecule has 0 fully saturated rings. The zero-order valence-corrected chi connectivity index (χ0v) is 16.6. The van der Waals surface area contributed by atoms with Crippen molar-refractivity contribution >= 4 is 37.9 Å². The van der Waals surface area contributed by atoms with Crippen molar-refractivity contribution < 1.29 is 27.2 Å². The molecule has 0 amide bonds. The summed E-state index contributed by atoms with van der Waals surface area (Å²) < 4.78 is 38.8. The second-order valence-electron chi connectivity index (χ2n) is 7.16. The molecule has 0 aliphatic heterocycles. The number of hydrogen-bond donors (Lipinski definition) is 2. The van der Waals surface area contributed by atoms with Gasteiger partial charge in [0.15, 0.2) is 0 Å². The van der Waals surface area contributed by atoms with Crippen molar-refractivity contribution in [2.45, 2.75) is 24.8 Å². The normalized spacial score (nSPS) is 13.3. The molecule has 1 atom stereocenters. The number of furan rings is 2. The number of rotatable bonds is 6. The number of carboxylic acid groups (broad SMARTS) is 1. The third kappa shape index (κ3) is 3.52. The maximum Gasteiger partial charge on any atom is 0.322 e. The van der Waals surface area contributed by atoms with E-state index in [2.05, 4.69) is 4.72 Å². The second kappa shape index (κ2) is 7.06. The number of fused-ring (bicyclic) bond motifs is 3. The zero-order chi connectivity index (χ0) is 20.8. The summed E-state index contributed by atoms with van der Waals surface area (Å²) in [5, 5.41) is 10.7. The number of carboxylic acids is 1. The Kier molecular flexibility index (Phi) is 4.68. The molecule has 0 radical (unpaired) electrons. The van der Waals surface area contributed by atoms with Crippen molar-refractivity contribution in [1.82, 2.24) is 4.72 Å². The van der Waals surface area contributed by atoms with Crippen molar-refractivity contribution in [2.75, 3.05) is 0 Å². The Morgan fingerprint density at radius 1 is 1.00 bits per heavy atom. The summed E-state index contributed by atoms with van der Waals surface area (Å²) >= 11 is 0. The third-order valence-corrected chi connectivity index (χ3v) is 6.26. The van der Waals surface area contributed by atoms with Crippen LogP contribution in [0.4, 0.5) is 0 Å². The van der Waals surface area contributed by atoms with Gasteiger partial charge >= 0.3 is 5.97 Å². The Bertz CT molecular complexity index is 1300. The average molecular weight is 413 g/mol. The largest absolute Gasteiger partial charge is 0.480 e. The Morgan fingerprint density at radius 3 is 2.45 bits per heavy atom. The highest BCUT2D eigenvalue weighted by molar-refractivity contribution is 7.89. The predicted octanol–water partition coefficient (Wildman–Crippen LogP) is 4.23. The van der Waals surface area contributed by atoms with Gasteiger partial charge in [-0.1, -0.05) is 19.9 Å². The molecule has 0 bridgehead atoms. The summed E-state index contributed by atoms with van der Waals surface area (Å²) in [6.07, 6.45) is 3.22. The van der Waals surface area contributed by atoms with E-state index in [0.717, 1.165) is 16.5 Å². The van der Waals surface area contributed by atoms with Crippen LogP contribution in [0.25, 0.3) is 33.1 Å². The molecule has 2 heterocycles. The number of sulfonamides is 1. The number of nitrogens with one attached hydrogen (secondary N) is 1. The first kappa shape index (κ1) is 19.2. The van der Waals surface area contributed by atoms with E-state index in [1.54, 1.807) is 32.4 Å². The maximum atomic E-state index is 12.7. The Hall–Kier alpha value is -3.10. The lowest BCUT2D eigenvalue weighted by Gasteiger charge is -2.17. The van der Waals surface area contributed by atoms with Crippen molar-refractivity contribution in [1.29, 1.82) is 0 Å². The molecule has 4 rings (SSSR count). The van der Waals surface area contributed by atoms with Gasteiger partial charge in [0.05, 0.1) is 17.4 Å². The van der Waals surface area contributed by atoms with Crippen LogP contribution in [0.2, 0.25) is 0 Å². The Morgan fingerprint density at radius 2 is 1.79 bits per heavy atom. The summed E-state index contributed by atoms with van der Waals surface area (Å²) in [4.78, 5) is 11.4. The highest BCUT2D eigenvalue weighted by Gasteiger charge is 2.28. The molecule has 2 aromatic carbocycles. The number of carbonyl (C=O) groups is 1. The summed E-state index contributed by atoms with van der Waals surface area (Å²) in [5.41, 5.74) is 2.99. The first-order valence-electron chi connectivity index (χ1n) is 9.00. The molecule has 29 heavy (non-hydrogen) atoms. The van der Waals surface area contributed by atoms with Crippen LogP contribution < -0.4 is 4.72 Å². The van der Waals surface area contributed by atoms with E-state index in [4.69, 9.17) is 8.83 Å². The zero-order valence-electron chi connectivity index (χ0n) is 15.7. The van der Waals surface area contributed by atoms with Gasteiger partial charge in [0.25, 0.3) is 0 Å². The molecule has 150 valence electrons. The highest BCUT2D eigenvalue weighted by atomic mass is 32.2. The van der Waals surface area contributed by atoms with Crippen LogP contribution in [0.1, 0.15) is 13.8 Å². The van der Waals surface area contributed by atoms with Crippen LogP contribution in [-0.4, -0.2) is 25.5 Å². The lowest BCUT2D eigenvalue weighted by atomic mass is 10.1. The summed E-state index contributed by atoms with van der Waals surface area (Å²) in [5.74, 6) is -1.62. The van der Waals surface area contributed by atoms with Crippen molar-refractivity contribution in [3.8, 4) is 11.1 Å². The lowest BCUT2D eigenvalue weighted by Crippen LogP contribution is -2.44. The van der Waals surface area contributed by atoms with Gasteiger partial charge in [-0.25, -0.2) is 8.42 Å². The van der Waals surface area contributed by atoms with Gasteiger partial charge in [-0.15, -0.1) is 0 Å². The number of aliphatic carboxylic acids is 1. The van der Waals surface area contributed by atoms with Crippen LogP contribution in [0.3, 0.4) is 0 Å². The standard InChI is InChI=1S/C21H19NO6S/c1-12(2)20(21(23)24)22-29(25,26)15-4-6-18-17(10-15)16-5-3-13(9-19(16)28-18)14-7-8-27-11-14/h3-12,20,22H,1-2H3,(H,23,24)/t20-/m1/s1. The highest BCUT2D eigenvalue weighted by Crippen LogP contribution is 2.33. The minimum absolute atomic E-state index is 0.0153. The lowest BCUT2D eigenvalue weighted by molar-refractivity contribution is -0.140. The summed E-state index contributed by atoms with van der Waals surface area (Å²) in [6.45, 7) is 3.29. The van der Waals surface area contributed by atoms with Gasteiger partial charge in [0.2, 0.25) is 10.0 Å².